The Morgan fingerprint density at radius 2 is 1.78 bits per heavy atom. The zero-order valence-corrected chi connectivity index (χ0v) is 10.9. The summed E-state index contributed by atoms with van der Waals surface area (Å²) in [6, 6.07) is 0.331. The van der Waals surface area contributed by atoms with E-state index in [0.29, 0.717) is 24.4 Å². The normalized spacial score (nSPS) is 36.9. The molecule has 2 heterocycles. The van der Waals surface area contributed by atoms with Crippen molar-refractivity contribution >= 4 is 5.91 Å². The predicted octanol–water partition coefficient (Wildman–Crippen LogP) is -0.486. The molecular formula is C13H23N3O2. The highest BCUT2D eigenvalue weighted by molar-refractivity contribution is 5.78. The van der Waals surface area contributed by atoms with Gasteiger partial charge in [-0.2, -0.15) is 0 Å². The third-order valence-electron chi connectivity index (χ3n) is 4.72. The molecule has 5 nitrogen and oxygen atoms in total. The second-order valence-electron chi connectivity index (χ2n) is 5.86. The molecule has 1 saturated carbocycles. The number of hydrogen-bond acceptors (Lipinski definition) is 4. The number of amides is 1. The van der Waals surface area contributed by atoms with E-state index in [1.54, 1.807) is 0 Å². The average Bonchev–Trinajstić information content (AvgIpc) is 2.63. The Hall–Kier alpha value is -0.650. The number of nitrogens with zero attached hydrogens (tertiary/aromatic N) is 2. The molecule has 0 spiro atoms. The molecule has 18 heavy (non-hydrogen) atoms. The lowest BCUT2D eigenvalue weighted by Crippen LogP contribution is -2.53. The fourth-order valence-corrected chi connectivity index (χ4v) is 3.52. The van der Waals surface area contributed by atoms with Gasteiger partial charge in [-0.05, 0) is 24.7 Å². The molecule has 2 saturated heterocycles. The molecule has 1 unspecified atom stereocenters. The van der Waals surface area contributed by atoms with Crippen LogP contribution in [-0.4, -0.2) is 67.7 Å². The molecule has 102 valence electrons. The van der Waals surface area contributed by atoms with E-state index in [1.807, 2.05) is 4.90 Å². The van der Waals surface area contributed by atoms with Gasteiger partial charge in [0.1, 0.15) is 0 Å². The first kappa shape index (κ1) is 12.4. The Kier molecular flexibility index (Phi) is 3.54. The highest BCUT2D eigenvalue weighted by Crippen LogP contribution is 2.35. The molecule has 1 amide bonds. The van der Waals surface area contributed by atoms with Crippen LogP contribution in [-0.2, 0) is 9.53 Å². The molecular weight excluding hydrogens is 230 g/mol. The quantitative estimate of drug-likeness (QED) is 0.722. The van der Waals surface area contributed by atoms with Crippen LogP contribution in [0.1, 0.15) is 12.8 Å². The molecule has 0 aromatic rings. The minimum Gasteiger partial charge on any atom is -0.379 e. The van der Waals surface area contributed by atoms with Crippen LogP contribution in [0.25, 0.3) is 0 Å². The molecule has 5 heteroatoms. The van der Waals surface area contributed by atoms with Crippen LogP contribution in [0.3, 0.4) is 0 Å². The van der Waals surface area contributed by atoms with E-state index < -0.39 is 0 Å². The SMILES string of the molecule is NC1[C@@H]2CC[C@H]1CN(C(=O)CN1CCOCC1)C2. The predicted molar refractivity (Wildman–Crippen MR) is 68.0 cm³/mol. The number of ether oxygens (including phenoxy) is 1. The number of morpholine rings is 1. The Morgan fingerprint density at radius 3 is 2.39 bits per heavy atom. The largest absolute Gasteiger partial charge is 0.379 e. The van der Waals surface area contributed by atoms with Gasteiger partial charge in [0.15, 0.2) is 0 Å². The highest BCUT2D eigenvalue weighted by Gasteiger charge is 2.41. The highest BCUT2D eigenvalue weighted by atomic mass is 16.5. The second-order valence-corrected chi connectivity index (χ2v) is 5.86. The summed E-state index contributed by atoms with van der Waals surface area (Å²) >= 11 is 0. The number of carbonyl (C=O) groups excluding carboxylic acids is 1. The van der Waals surface area contributed by atoms with Crippen LogP contribution in [0.2, 0.25) is 0 Å². The third-order valence-corrected chi connectivity index (χ3v) is 4.72. The van der Waals surface area contributed by atoms with E-state index in [-0.39, 0.29) is 5.91 Å². The monoisotopic (exact) mass is 253 g/mol. The van der Waals surface area contributed by atoms with E-state index in [0.717, 1.165) is 39.4 Å². The number of rotatable bonds is 2. The number of fused-ring (bicyclic) bond motifs is 2. The first-order valence-corrected chi connectivity index (χ1v) is 7.07. The number of nitrogens with two attached hydrogens (primary N) is 1. The summed E-state index contributed by atoms with van der Waals surface area (Å²) in [7, 11) is 0. The lowest BCUT2D eigenvalue weighted by atomic mass is 9.93. The summed E-state index contributed by atoms with van der Waals surface area (Å²) in [4.78, 5) is 16.5. The van der Waals surface area contributed by atoms with Gasteiger partial charge in [-0.15, -0.1) is 0 Å². The summed E-state index contributed by atoms with van der Waals surface area (Å²) in [6.07, 6.45) is 2.40. The smallest absolute Gasteiger partial charge is 0.236 e. The minimum absolute atomic E-state index is 0.278. The van der Waals surface area contributed by atoms with Gasteiger partial charge in [-0.3, -0.25) is 9.69 Å². The Balaban J connectivity index is 1.53. The first-order chi connectivity index (χ1) is 8.74. The fourth-order valence-electron chi connectivity index (χ4n) is 3.52. The Morgan fingerprint density at radius 1 is 1.17 bits per heavy atom. The van der Waals surface area contributed by atoms with Gasteiger partial charge in [-0.1, -0.05) is 0 Å². The Bertz CT molecular complexity index is 303. The summed E-state index contributed by atoms with van der Waals surface area (Å²) in [6.45, 7) is 5.57. The van der Waals surface area contributed by atoms with Crippen molar-refractivity contribution in [1.29, 1.82) is 0 Å². The summed E-state index contributed by atoms with van der Waals surface area (Å²) < 4.78 is 5.30. The number of hydrogen-bond donors (Lipinski definition) is 1. The van der Waals surface area contributed by atoms with Crippen LogP contribution >= 0.6 is 0 Å². The van der Waals surface area contributed by atoms with E-state index >= 15 is 0 Å². The zero-order valence-electron chi connectivity index (χ0n) is 10.9. The van der Waals surface area contributed by atoms with E-state index in [9.17, 15) is 4.79 Å². The van der Waals surface area contributed by atoms with Crippen LogP contribution in [0.15, 0.2) is 0 Å². The fraction of sp³-hybridized carbons (Fsp3) is 0.923. The maximum atomic E-state index is 12.3. The van der Waals surface area contributed by atoms with E-state index in [1.165, 1.54) is 12.8 Å². The van der Waals surface area contributed by atoms with Crippen molar-refractivity contribution in [3.8, 4) is 0 Å². The molecule has 0 aromatic heterocycles. The molecule has 1 aliphatic carbocycles. The van der Waals surface area contributed by atoms with Crippen molar-refractivity contribution in [2.45, 2.75) is 18.9 Å². The Labute approximate surface area is 108 Å². The molecule has 2 aliphatic heterocycles. The topological polar surface area (TPSA) is 58.8 Å². The summed E-state index contributed by atoms with van der Waals surface area (Å²) in [5, 5.41) is 0. The molecule has 3 aliphatic rings. The van der Waals surface area contributed by atoms with Crippen molar-refractivity contribution in [2.24, 2.45) is 17.6 Å². The lowest BCUT2D eigenvalue weighted by Gasteiger charge is -2.37. The first-order valence-electron chi connectivity index (χ1n) is 7.07. The van der Waals surface area contributed by atoms with Crippen molar-refractivity contribution in [2.75, 3.05) is 45.9 Å². The van der Waals surface area contributed by atoms with Gasteiger partial charge >= 0.3 is 0 Å². The van der Waals surface area contributed by atoms with Gasteiger partial charge in [0, 0.05) is 32.2 Å². The van der Waals surface area contributed by atoms with Crippen molar-refractivity contribution < 1.29 is 9.53 Å². The van der Waals surface area contributed by atoms with Crippen molar-refractivity contribution in [3.05, 3.63) is 0 Å². The van der Waals surface area contributed by atoms with Crippen LogP contribution in [0.4, 0.5) is 0 Å². The molecule has 3 atom stereocenters. The standard InChI is InChI=1S/C13H23N3O2/c14-13-10-1-2-11(13)8-16(7-10)12(17)9-15-3-5-18-6-4-15/h10-11,13H,1-9,14H2/t10-,11+,13?. The second kappa shape index (κ2) is 5.15. The van der Waals surface area contributed by atoms with Crippen LogP contribution < -0.4 is 5.73 Å². The minimum atomic E-state index is 0.278. The molecule has 0 aromatic carbocycles. The summed E-state index contributed by atoms with van der Waals surface area (Å²) in [5.41, 5.74) is 6.17. The zero-order chi connectivity index (χ0) is 12.5. The van der Waals surface area contributed by atoms with Gasteiger partial charge in [0.25, 0.3) is 0 Å². The maximum Gasteiger partial charge on any atom is 0.236 e. The van der Waals surface area contributed by atoms with Gasteiger partial charge < -0.3 is 15.4 Å². The molecule has 2 bridgehead atoms. The maximum absolute atomic E-state index is 12.3. The lowest BCUT2D eigenvalue weighted by molar-refractivity contribution is -0.135. The van der Waals surface area contributed by atoms with Crippen molar-refractivity contribution in [3.63, 3.8) is 0 Å². The van der Waals surface area contributed by atoms with Gasteiger partial charge in [0.05, 0.1) is 19.8 Å². The number of piperidine rings is 1. The van der Waals surface area contributed by atoms with Crippen LogP contribution in [0, 0.1) is 11.8 Å². The van der Waals surface area contributed by atoms with Gasteiger partial charge in [-0.25, -0.2) is 0 Å². The van der Waals surface area contributed by atoms with Gasteiger partial charge in [0.2, 0.25) is 5.91 Å². The molecule has 3 rings (SSSR count). The summed E-state index contributed by atoms with van der Waals surface area (Å²) in [5.74, 6) is 1.36. The average molecular weight is 253 g/mol. The van der Waals surface area contributed by atoms with E-state index in [2.05, 4.69) is 4.90 Å². The number of likely N-dealkylation sites (tertiary alicyclic amines) is 1. The molecule has 2 N–H and O–H groups in total. The molecule has 3 fully saturated rings. The van der Waals surface area contributed by atoms with E-state index in [4.69, 9.17) is 10.5 Å². The van der Waals surface area contributed by atoms with Crippen LogP contribution in [0.5, 0.6) is 0 Å². The van der Waals surface area contributed by atoms with Crippen molar-refractivity contribution in [1.82, 2.24) is 9.80 Å². The third kappa shape index (κ3) is 2.39. The molecule has 0 radical (unpaired) electrons. The number of carbonyl (C=O) groups is 1.